The van der Waals surface area contributed by atoms with Gasteiger partial charge in [-0.1, -0.05) is 74.5 Å². The minimum Gasteiger partial charge on any atom is -0.394 e. The number of anilines is 1. The lowest BCUT2D eigenvalue weighted by molar-refractivity contribution is -0.146. The number of benzene rings is 2. The van der Waals surface area contributed by atoms with E-state index in [4.69, 9.17) is 0 Å². The van der Waals surface area contributed by atoms with E-state index in [0.29, 0.717) is 26.1 Å². The number of carbonyl (C=O) groups excluding carboxylic acids is 3. The highest BCUT2D eigenvalue weighted by atomic mass is 32.2. The summed E-state index contributed by atoms with van der Waals surface area (Å²) in [6.45, 7) is 12.6. The van der Waals surface area contributed by atoms with E-state index < -0.39 is 28.7 Å². The molecule has 0 saturated carbocycles. The average molecular weight is 588 g/mol. The Morgan fingerprint density at radius 1 is 1.07 bits per heavy atom. The van der Waals surface area contributed by atoms with E-state index in [1.165, 1.54) is 0 Å². The SMILES string of the molecule is C=CCN(Cc1ccccc1)C(=O)C1N([C@@H](CC)CO)C(=O)[C@@H]2[C@H](C(=O)N(CC=C)c3ccccc3)[C@@H]3CC(C)C12S3. The summed E-state index contributed by atoms with van der Waals surface area (Å²) in [5.41, 5.74) is 1.74. The van der Waals surface area contributed by atoms with E-state index in [-0.39, 0.29) is 35.5 Å². The van der Waals surface area contributed by atoms with Crippen LogP contribution in [0.3, 0.4) is 0 Å². The molecule has 3 fully saturated rings. The van der Waals surface area contributed by atoms with Crippen LogP contribution in [0.2, 0.25) is 0 Å². The Balaban J connectivity index is 1.58. The highest BCUT2D eigenvalue weighted by Crippen LogP contribution is 2.69. The molecular formula is C34H41N3O4S. The van der Waals surface area contributed by atoms with Crippen molar-refractivity contribution in [3.63, 3.8) is 0 Å². The normalized spacial score (nSPS) is 28.3. The molecule has 42 heavy (non-hydrogen) atoms. The van der Waals surface area contributed by atoms with Crippen LogP contribution < -0.4 is 4.90 Å². The van der Waals surface area contributed by atoms with Gasteiger partial charge in [0.1, 0.15) is 6.04 Å². The number of carbonyl (C=O) groups is 3. The Bertz CT molecular complexity index is 1320. The van der Waals surface area contributed by atoms with E-state index in [9.17, 15) is 19.5 Å². The van der Waals surface area contributed by atoms with E-state index in [2.05, 4.69) is 20.1 Å². The van der Waals surface area contributed by atoms with Crippen molar-refractivity contribution in [2.24, 2.45) is 17.8 Å². The van der Waals surface area contributed by atoms with Gasteiger partial charge in [0.2, 0.25) is 17.7 Å². The van der Waals surface area contributed by atoms with E-state index in [0.717, 1.165) is 17.7 Å². The molecule has 0 radical (unpaired) electrons. The zero-order valence-corrected chi connectivity index (χ0v) is 25.3. The molecule has 7 atom stereocenters. The second kappa shape index (κ2) is 12.5. The molecule has 8 heteroatoms. The predicted molar refractivity (Wildman–Crippen MR) is 168 cm³/mol. The van der Waals surface area contributed by atoms with Crippen LogP contribution >= 0.6 is 11.8 Å². The number of aliphatic hydroxyl groups excluding tert-OH is 1. The Labute approximate surface area is 253 Å². The molecule has 1 spiro atoms. The van der Waals surface area contributed by atoms with Crippen molar-refractivity contribution in [3.8, 4) is 0 Å². The number of amides is 3. The molecule has 222 valence electrons. The van der Waals surface area contributed by atoms with E-state index >= 15 is 0 Å². The molecule has 3 amide bonds. The molecule has 2 bridgehead atoms. The quantitative estimate of drug-likeness (QED) is 0.369. The zero-order chi connectivity index (χ0) is 30.0. The number of nitrogens with zero attached hydrogens (tertiary/aromatic N) is 3. The lowest BCUT2D eigenvalue weighted by Crippen LogP contribution is -2.59. The van der Waals surface area contributed by atoms with Crippen molar-refractivity contribution in [3.05, 3.63) is 91.5 Å². The highest BCUT2D eigenvalue weighted by Gasteiger charge is 2.77. The third-order valence-electron chi connectivity index (χ3n) is 9.30. The minimum absolute atomic E-state index is 0.0348. The first kappa shape index (κ1) is 30.1. The largest absolute Gasteiger partial charge is 0.394 e. The smallest absolute Gasteiger partial charge is 0.247 e. The number of hydrogen-bond acceptors (Lipinski definition) is 5. The first-order chi connectivity index (χ1) is 20.3. The fraction of sp³-hybridized carbons (Fsp3) is 0.441. The number of para-hydroxylation sites is 1. The van der Waals surface area contributed by atoms with Gasteiger partial charge in [-0.3, -0.25) is 14.4 Å². The average Bonchev–Trinajstić information content (AvgIpc) is 3.60. The molecule has 3 aliphatic heterocycles. The lowest BCUT2D eigenvalue weighted by atomic mass is 9.65. The van der Waals surface area contributed by atoms with Crippen LogP contribution in [0.5, 0.6) is 0 Å². The number of thioether (sulfide) groups is 1. The maximum absolute atomic E-state index is 14.7. The first-order valence-corrected chi connectivity index (χ1v) is 15.7. The van der Waals surface area contributed by atoms with Gasteiger partial charge in [0.25, 0.3) is 0 Å². The maximum atomic E-state index is 14.7. The van der Waals surface area contributed by atoms with Crippen LogP contribution in [0.25, 0.3) is 0 Å². The van der Waals surface area contributed by atoms with Gasteiger partial charge in [0.05, 0.1) is 29.2 Å². The molecule has 3 aliphatic rings. The van der Waals surface area contributed by atoms with Crippen molar-refractivity contribution < 1.29 is 19.5 Å². The summed E-state index contributed by atoms with van der Waals surface area (Å²) in [6.07, 6.45) is 4.66. The topological polar surface area (TPSA) is 81.2 Å². The van der Waals surface area contributed by atoms with Gasteiger partial charge >= 0.3 is 0 Å². The Hall–Kier alpha value is -3.36. The van der Waals surface area contributed by atoms with Crippen molar-refractivity contribution >= 4 is 35.2 Å². The van der Waals surface area contributed by atoms with Gasteiger partial charge in [-0.2, -0.15) is 0 Å². The second-order valence-corrected chi connectivity index (χ2v) is 13.2. The number of likely N-dealkylation sites (tertiary alicyclic amines) is 1. The summed E-state index contributed by atoms with van der Waals surface area (Å²) in [5, 5.41) is 10.4. The standard InChI is InChI=1S/C34H41N3O4S/c1-5-18-35(21-24-14-10-8-11-15-24)33(41)30-34-23(4)20-27(42-34)28(29(34)32(40)37(30)25(7-3)22-38)31(39)36(19-6-2)26-16-12-9-13-17-26/h5-6,8-17,23,25,27-30,38H,1-2,7,18-22H2,3-4H3/t23?,25-,27-,28+,29-,30?,34?/m0/s1. The first-order valence-electron chi connectivity index (χ1n) is 14.9. The summed E-state index contributed by atoms with van der Waals surface area (Å²) in [4.78, 5) is 48.9. The Kier molecular flexibility index (Phi) is 8.94. The monoisotopic (exact) mass is 587 g/mol. The van der Waals surface area contributed by atoms with Crippen LogP contribution in [0, 0.1) is 17.8 Å². The summed E-state index contributed by atoms with van der Waals surface area (Å²) in [5.74, 6) is -1.65. The van der Waals surface area contributed by atoms with Gasteiger partial charge in [0.15, 0.2) is 0 Å². The number of hydrogen-bond donors (Lipinski definition) is 1. The maximum Gasteiger partial charge on any atom is 0.247 e. The molecule has 1 N–H and O–H groups in total. The van der Waals surface area contributed by atoms with Crippen LogP contribution in [-0.2, 0) is 20.9 Å². The van der Waals surface area contributed by atoms with Crippen molar-refractivity contribution in [1.82, 2.24) is 9.80 Å². The van der Waals surface area contributed by atoms with Gasteiger partial charge in [0, 0.05) is 30.6 Å². The molecular weight excluding hydrogens is 546 g/mol. The molecule has 3 unspecified atom stereocenters. The third-order valence-corrected chi connectivity index (χ3v) is 11.4. The zero-order valence-electron chi connectivity index (χ0n) is 24.5. The molecule has 5 rings (SSSR count). The van der Waals surface area contributed by atoms with Crippen LogP contribution in [0.1, 0.15) is 32.3 Å². The van der Waals surface area contributed by atoms with E-state index in [1.54, 1.807) is 38.6 Å². The summed E-state index contributed by atoms with van der Waals surface area (Å²) in [7, 11) is 0. The highest BCUT2D eigenvalue weighted by molar-refractivity contribution is 8.02. The molecule has 0 aliphatic carbocycles. The number of rotatable bonds is 12. The van der Waals surface area contributed by atoms with Gasteiger partial charge < -0.3 is 19.8 Å². The Morgan fingerprint density at radius 3 is 2.31 bits per heavy atom. The van der Waals surface area contributed by atoms with Crippen LogP contribution in [0.4, 0.5) is 5.69 Å². The molecule has 2 aromatic rings. The summed E-state index contributed by atoms with van der Waals surface area (Å²) >= 11 is 1.66. The lowest BCUT2D eigenvalue weighted by Gasteiger charge is -2.42. The van der Waals surface area contributed by atoms with Crippen molar-refractivity contribution in [2.45, 2.75) is 55.3 Å². The third kappa shape index (κ3) is 4.88. The van der Waals surface area contributed by atoms with Gasteiger partial charge in [-0.25, -0.2) is 0 Å². The summed E-state index contributed by atoms with van der Waals surface area (Å²) in [6, 6.07) is 18.0. The number of aliphatic hydroxyl groups is 1. The predicted octanol–water partition coefficient (Wildman–Crippen LogP) is 4.53. The fourth-order valence-corrected chi connectivity index (χ4v) is 9.83. The molecule has 3 saturated heterocycles. The fourth-order valence-electron chi connectivity index (χ4n) is 7.43. The van der Waals surface area contributed by atoms with Crippen LogP contribution in [-0.4, -0.2) is 74.4 Å². The van der Waals surface area contributed by atoms with Crippen LogP contribution in [0.15, 0.2) is 86.0 Å². The van der Waals surface area contributed by atoms with Gasteiger partial charge in [-0.05, 0) is 36.5 Å². The second-order valence-electron chi connectivity index (χ2n) is 11.6. The van der Waals surface area contributed by atoms with E-state index in [1.807, 2.05) is 67.6 Å². The molecule has 3 heterocycles. The van der Waals surface area contributed by atoms with Crippen molar-refractivity contribution in [2.75, 3.05) is 24.6 Å². The minimum atomic E-state index is -0.789. The Morgan fingerprint density at radius 2 is 1.71 bits per heavy atom. The summed E-state index contributed by atoms with van der Waals surface area (Å²) < 4.78 is -0.769. The van der Waals surface area contributed by atoms with Crippen molar-refractivity contribution in [1.29, 1.82) is 0 Å². The molecule has 2 aromatic carbocycles. The number of fused-ring (bicyclic) bond motifs is 1. The molecule has 0 aromatic heterocycles. The molecule has 7 nitrogen and oxygen atoms in total. The van der Waals surface area contributed by atoms with Gasteiger partial charge in [-0.15, -0.1) is 24.9 Å².